The molecule has 0 fully saturated rings. The maximum atomic E-state index is 10.9. The topological polar surface area (TPSA) is 161 Å². The van der Waals surface area contributed by atoms with Gasteiger partial charge < -0.3 is 5.73 Å². The Labute approximate surface area is 159 Å². The number of halogens is 1. The molecule has 2 rings (SSSR count). The summed E-state index contributed by atoms with van der Waals surface area (Å²) in [6.45, 7) is 0. The van der Waals surface area contributed by atoms with E-state index < -0.39 is 9.85 Å². The van der Waals surface area contributed by atoms with Gasteiger partial charge in [-0.3, -0.25) is 20.2 Å². The monoisotopic (exact) mass is 391 g/mol. The van der Waals surface area contributed by atoms with Crippen molar-refractivity contribution in [1.29, 1.82) is 0 Å². The van der Waals surface area contributed by atoms with E-state index in [-0.39, 0.29) is 40.9 Å². The maximum absolute atomic E-state index is 10.9. The van der Waals surface area contributed by atoms with E-state index in [1.54, 1.807) is 12.1 Å². The van der Waals surface area contributed by atoms with Crippen LogP contribution in [0.25, 0.3) is 0 Å². The fraction of sp³-hybridized carbons (Fsp3) is 0. The molecule has 0 unspecified atom stereocenters. The van der Waals surface area contributed by atoms with Gasteiger partial charge in [0.05, 0.1) is 33.4 Å². The first-order chi connectivity index (χ1) is 12.5. The highest BCUT2D eigenvalue weighted by atomic mass is 35.5. The number of para-hydroxylation sites is 2. The highest BCUT2D eigenvalue weighted by molar-refractivity contribution is 5.88. The summed E-state index contributed by atoms with van der Waals surface area (Å²) in [5.74, 6) is -0.199. The summed E-state index contributed by atoms with van der Waals surface area (Å²) in [4.78, 5) is 20.7. The zero-order chi connectivity index (χ0) is 18.9. The van der Waals surface area contributed by atoms with Crippen LogP contribution in [0.3, 0.4) is 0 Å². The highest BCUT2D eigenvalue weighted by Gasteiger charge is 2.10. The van der Waals surface area contributed by atoms with E-state index >= 15 is 0 Å². The molecular weight excluding hydrogens is 378 g/mol. The van der Waals surface area contributed by atoms with Crippen molar-refractivity contribution in [2.75, 3.05) is 0 Å². The van der Waals surface area contributed by atoms with Crippen LogP contribution in [0.5, 0.6) is 0 Å². The third-order valence-electron chi connectivity index (χ3n) is 3.01. The molecule has 0 radical (unpaired) electrons. The number of guanidine groups is 1. The Kier molecular flexibility index (Phi) is 8.01. The minimum atomic E-state index is -0.538. The fourth-order valence-electron chi connectivity index (χ4n) is 1.87. The van der Waals surface area contributed by atoms with Crippen LogP contribution in [0, 0.1) is 20.2 Å². The highest BCUT2D eigenvalue weighted by Crippen LogP contribution is 2.15. The second kappa shape index (κ2) is 10.2. The van der Waals surface area contributed by atoms with Crippen molar-refractivity contribution >= 4 is 42.2 Å². The van der Waals surface area contributed by atoms with Crippen LogP contribution >= 0.6 is 12.4 Å². The van der Waals surface area contributed by atoms with Crippen molar-refractivity contribution in [3.63, 3.8) is 0 Å². The third kappa shape index (κ3) is 6.17. The lowest BCUT2D eigenvalue weighted by Gasteiger charge is -1.98. The first kappa shape index (κ1) is 21.2. The lowest BCUT2D eigenvalue weighted by Crippen LogP contribution is -2.26. The summed E-state index contributed by atoms with van der Waals surface area (Å²) in [5.41, 5.74) is 8.20. The van der Waals surface area contributed by atoms with E-state index in [4.69, 9.17) is 5.73 Å². The van der Waals surface area contributed by atoms with Gasteiger partial charge in [0.15, 0.2) is 0 Å². The average molecular weight is 392 g/mol. The molecule has 0 aliphatic heterocycles. The largest absolute Gasteiger partial charge is 0.367 e. The second-order valence-corrected chi connectivity index (χ2v) is 4.73. The maximum Gasteiger partial charge on any atom is 0.278 e. The van der Waals surface area contributed by atoms with Crippen molar-refractivity contribution < 1.29 is 9.85 Å². The lowest BCUT2D eigenvalue weighted by molar-refractivity contribution is -0.385. The zero-order valence-corrected chi connectivity index (χ0v) is 14.4. The molecule has 0 saturated carbocycles. The molecule has 27 heavy (non-hydrogen) atoms. The molecule has 3 N–H and O–H groups in total. The Hall–Kier alpha value is -3.86. The van der Waals surface area contributed by atoms with E-state index in [1.165, 1.54) is 48.8 Å². The molecule has 0 atom stereocenters. The smallest absolute Gasteiger partial charge is 0.278 e. The van der Waals surface area contributed by atoms with E-state index in [2.05, 4.69) is 20.7 Å². The molecule has 0 aromatic heterocycles. The van der Waals surface area contributed by atoms with Gasteiger partial charge in [0.1, 0.15) is 0 Å². The molecule has 0 saturated heterocycles. The molecule has 2 aromatic carbocycles. The summed E-state index contributed by atoms with van der Waals surface area (Å²) in [6.07, 6.45) is 2.39. The van der Waals surface area contributed by atoms with E-state index in [0.29, 0.717) is 0 Å². The minimum Gasteiger partial charge on any atom is -0.367 e. The lowest BCUT2D eigenvalue weighted by atomic mass is 10.2. The fourth-order valence-corrected chi connectivity index (χ4v) is 1.87. The Balaban J connectivity index is 0.00000364. The van der Waals surface area contributed by atoms with Crippen molar-refractivity contribution in [2.24, 2.45) is 21.0 Å². The van der Waals surface area contributed by atoms with Crippen molar-refractivity contribution in [2.45, 2.75) is 0 Å². The van der Waals surface area contributed by atoms with Gasteiger partial charge in [-0.2, -0.15) is 10.2 Å². The standard InChI is InChI=1S/C15H13N7O4.ClH/c16-15(19-17-9-11-5-1-3-7-13(11)21(23)24)20-18-10-12-6-2-4-8-14(12)22(25)26;/h1-10H,(H3,16,19,20);1H/b17-9+,18-10+;. The molecule has 11 nitrogen and oxygen atoms in total. The molecule has 2 aromatic rings. The van der Waals surface area contributed by atoms with Crippen molar-refractivity contribution in [3.8, 4) is 0 Å². The van der Waals surface area contributed by atoms with Gasteiger partial charge in [0.2, 0.25) is 5.96 Å². The summed E-state index contributed by atoms with van der Waals surface area (Å²) < 4.78 is 0. The predicted octanol–water partition coefficient (Wildman–Crippen LogP) is 2.20. The van der Waals surface area contributed by atoms with Crippen molar-refractivity contribution in [3.05, 3.63) is 79.9 Å². The van der Waals surface area contributed by atoms with Gasteiger partial charge in [-0.1, -0.05) is 24.3 Å². The second-order valence-electron chi connectivity index (χ2n) is 4.73. The Morgan fingerprint density at radius 2 is 1.41 bits per heavy atom. The van der Waals surface area contributed by atoms with Crippen LogP contribution in [0.2, 0.25) is 0 Å². The van der Waals surface area contributed by atoms with Gasteiger partial charge in [0.25, 0.3) is 11.4 Å². The molecule has 140 valence electrons. The number of nitro benzene ring substituents is 2. The third-order valence-corrected chi connectivity index (χ3v) is 3.01. The van der Waals surface area contributed by atoms with Crippen LogP contribution in [-0.4, -0.2) is 28.2 Å². The molecule has 0 aliphatic rings. The van der Waals surface area contributed by atoms with E-state index in [0.717, 1.165) is 0 Å². The summed E-state index contributed by atoms with van der Waals surface area (Å²) in [7, 11) is 0. The first-order valence-corrected chi connectivity index (χ1v) is 7.11. The van der Waals surface area contributed by atoms with Gasteiger partial charge in [0, 0.05) is 12.1 Å². The van der Waals surface area contributed by atoms with Crippen molar-refractivity contribution in [1.82, 2.24) is 5.43 Å². The van der Waals surface area contributed by atoms with Crippen LogP contribution in [-0.2, 0) is 0 Å². The predicted molar refractivity (Wildman–Crippen MR) is 103 cm³/mol. The summed E-state index contributed by atoms with van der Waals surface area (Å²) in [5, 5.41) is 32.7. The normalized spacial score (nSPS) is 11.3. The summed E-state index contributed by atoms with van der Waals surface area (Å²) >= 11 is 0. The molecule has 0 bridgehead atoms. The Morgan fingerprint density at radius 1 is 0.926 bits per heavy atom. The number of nitrogens with one attached hydrogen (secondary N) is 1. The Bertz CT molecular complexity index is 915. The molecular formula is C15H14ClN7O4. The van der Waals surface area contributed by atoms with E-state index in [1.807, 2.05) is 0 Å². The van der Waals surface area contributed by atoms with Crippen LogP contribution < -0.4 is 11.2 Å². The zero-order valence-electron chi connectivity index (χ0n) is 13.6. The SMILES string of the molecule is Cl.N/C(=N\N=C\c1ccccc1[N+](=O)[O-])N/N=C/c1ccccc1[N+](=O)[O-]. The average Bonchev–Trinajstić information content (AvgIpc) is 2.62. The molecule has 0 aliphatic carbocycles. The number of hydrazone groups is 1. The van der Waals surface area contributed by atoms with Gasteiger partial charge >= 0.3 is 0 Å². The quantitative estimate of drug-likeness (QED) is 0.332. The number of hydrogen-bond donors (Lipinski definition) is 2. The van der Waals surface area contributed by atoms with Gasteiger partial charge in [-0.25, -0.2) is 5.43 Å². The number of hydrogen-bond acceptors (Lipinski definition) is 7. The number of benzene rings is 2. The number of nitrogens with two attached hydrogens (primary N) is 1. The molecule has 0 heterocycles. The molecule has 12 heteroatoms. The van der Waals surface area contributed by atoms with Crippen LogP contribution in [0.4, 0.5) is 11.4 Å². The minimum absolute atomic E-state index is 0. The number of nitrogens with zero attached hydrogens (tertiary/aromatic N) is 5. The molecule has 0 amide bonds. The summed E-state index contributed by atoms with van der Waals surface area (Å²) in [6, 6.07) is 12.0. The van der Waals surface area contributed by atoms with Gasteiger partial charge in [-0.05, 0) is 12.1 Å². The first-order valence-electron chi connectivity index (χ1n) is 7.11. The van der Waals surface area contributed by atoms with Crippen LogP contribution in [0.15, 0.2) is 63.8 Å². The number of nitro groups is 2. The molecule has 0 spiro atoms. The Morgan fingerprint density at radius 3 is 1.93 bits per heavy atom. The van der Waals surface area contributed by atoms with E-state index in [9.17, 15) is 20.2 Å². The van der Waals surface area contributed by atoms with Crippen LogP contribution in [0.1, 0.15) is 11.1 Å². The number of rotatable bonds is 6. The van der Waals surface area contributed by atoms with Gasteiger partial charge in [-0.15, -0.1) is 17.5 Å².